The lowest BCUT2D eigenvalue weighted by Crippen LogP contribution is -2.21. The standard InChI is InChI=1S/C21H17N5O/c1-14-21(27)25(2)13-18(23-14)20-24-17-9-8-16(11-22)10-19(17)26(20)12-15-6-4-3-5-7-15/h3-10,13H,12H2,1-2H3. The van der Waals surface area contributed by atoms with Crippen molar-refractivity contribution in [3.63, 3.8) is 0 Å². The van der Waals surface area contributed by atoms with Crippen LogP contribution in [0.15, 0.2) is 59.5 Å². The summed E-state index contributed by atoms with van der Waals surface area (Å²) in [7, 11) is 1.71. The third kappa shape index (κ3) is 3.00. The Hall–Kier alpha value is -3.72. The van der Waals surface area contributed by atoms with Gasteiger partial charge in [0.1, 0.15) is 11.4 Å². The topological polar surface area (TPSA) is 76.5 Å². The first-order chi connectivity index (χ1) is 13.1. The number of fused-ring (bicyclic) bond motifs is 1. The highest BCUT2D eigenvalue weighted by Gasteiger charge is 2.16. The van der Waals surface area contributed by atoms with Crippen molar-refractivity contribution >= 4 is 11.0 Å². The molecule has 0 atom stereocenters. The van der Waals surface area contributed by atoms with Gasteiger partial charge in [0.05, 0.1) is 22.7 Å². The average Bonchev–Trinajstić information content (AvgIpc) is 3.04. The summed E-state index contributed by atoms with van der Waals surface area (Å²) in [5.41, 5.74) is 4.26. The van der Waals surface area contributed by atoms with Crippen molar-refractivity contribution in [2.75, 3.05) is 0 Å². The molecule has 0 radical (unpaired) electrons. The summed E-state index contributed by atoms with van der Waals surface area (Å²) in [6.07, 6.45) is 1.70. The molecule has 0 N–H and O–H groups in total. The van der Waals surface area contributed by atoms with Crippen LogP contribution in [0.1, 0.15) is 16.8 Å². The second kappa shape index (κ2) is 6.54. The van der Waals surface area contributed by atoms with Crippen molar-refractivity contribution in [2.24, 2.45) is 7.05 Å². The van der Waals surface area contributed by atoms with Crippen LogP contribution < -0.4 is 5.56 Å². The van der Waals surface area contributed by atoms with E-state index in [0.717, 1.165) is 16.6 Å². The monoisotopic (exact) mass is 355 g/mol. The van der Waals surface area contributed by atoms with Gasteiger partial charge in [-0.05, 0) is 30.7 Å². The first-order valence-corrected chi connectivity index (χ1v) is 8.56. The van der Waals surface area contributed by atoms with Crippen molar-refractivity contribution in [3.8, 4) is 17.6 Å². The molecule has 0 saturated heterocycles. The Morgan fingerprint density at radius 1 is 1.11 bits per heavy atom. The van der Waals surface area contributed by atoms with Gasteiger partial charge in [-0.25, -0.2) is 9.97 Å². The molecule has 4 rings (SSSR count). The summed E-state index contributed by atoms with van der Waals surface area (Å²) in [5.74, 6) is 0.669. The molecule has 0 unspecified atom stereocenters. The molecule has 0 saturated carbocycles. The molecule has 0 aliphatic carbocycles. The lowest BCUT2D eigenvalue weighted by Gasteiger charge is -2.10. The number of hydrogen-bond donors (Lipinski definition) is 0. The van der Waals surface area contributed by atoms with E-state index in [1.165, 1.54) is 4.57 Å². The van der Waals surface area contributed by atoms with Crippen molar-refractivity contribution < 1.29 is 0 Å². The van der Waals surface area contributed by atoms with Gasteiger partial charge in [-0.15, -0.1) is 0 Å². The third-order valence-electron chi connectivity index (χ3n) is 4.52. The lowest BCUT2D eigenvalue weighted by atomic mass is 10.2. The first kappa shape index (κ1) is 16.7. The van der Waals surface area contributed by atoms with E-state index in [4.69, 9.17) is 4.98 Å². The highest BCUT2D eigenvalue weighted by atomic mass is 16.1. The SMILES string of the molecule is Cc1nc(-c2nc3ccc(C#N)cc3n2Cc2ccccc2)cn(C)c1=O. The van der Waals surface area contributed by atoms with E-state index in [-0.39, 0.29) is 5.56 Å². The molecule has 2 heterocycles. The molecule has 0 fully saturated rings. The molecule has 0 aliphatic heterocycles. The molecule has 0 amide bonds. The van der Waals surface area contributed by atoms with Gasteiger partial charge in [0.15, 0.2) is 5.82 Å². The number of benzene rings is 2. The van der Waals surface area contributed by atoms with Gasteiger partial charge in [0.2, 0.25) is 0 Å². The summed E-state index contributed by atoms with van der Waals surface area (Å²) >= 11 is 0. The zero-order chi connectivity index (χ0) is 19.0. The molecule has 132 valence electrons. The number of aromatic nitrogens is 4. The van der Waals surface area contributed by atoms with Gasteiger partial charge in [0, 0.05) is 19.8 Å². The van der Waals surface area contributed by atoms with E-state index in [1.807, 2.05) is 47.0 Å². The molecule has 4 aromatic rings. The summed E-state index contributed by atoms with van der Waals surface area (Å²) in [4.78, 5) is 21.2. The predicted molar refractivity (Wildman–Crippen MR) is 103 cm³/mol. The van der Waals surface area contributed by atoms with Crippen LogP contribution in [0.5, 0.6) is 0 Å². The number of aryl methyl sites for hydroxylation is 2. The average molecular weight is 355 g/mol. The van der Waals surface area contributed by atoms with Crippen molar-refractivity contribution in [3.05, 3.63) is 81.9 Å². The summed E-state index contributed by atoms with van der Waals surface area (Å²) in [6, 6.07) is 17.7. The van der Waals surface area contributed by atoms with E-state index < -0.39 is 0 Å². The number of nitriles is 1. The number of nitrogens with zero attached hydrogens (tertiary/aromatic N) is 5. The normalized spacial score (nSPS) is 10.9. The molecular weight excluding hydrogens is 338 g/mol. The maximum atomic E-state index is 12.0. The van der Waals surface area contributed by atoms with Gasteiger partial charge in [-0.2, -0.15) is 5.26 Å². The highest BCUT2D eigenvalue weighted by Crippen LogP contribution is 2.25. The minimum Gasteiger partial charge on any atom is -0.318 e. The largest absolute Gasteiger partial charge is 0.318 e. The van der Waals surface area contributed by atoms with Gasteiger partial charge < -0.3 is 9.13 Å². The van der Waals surface area contributed by atoms with Gasteiger partial charge >= 0.3 is 0 Å². The smallest absolute Gasteiger partial charge is 0.271 e. The van der Waals surface area contributed by atoms with E-state index in [1.54, 1.807) is 26.2 Å². The minimum absolute atomic E-state index is 0.128. The molecular formula is C21H17N5O. The fourth-order valence-electron chi connectivity index (χ4n) is 3.18. The third-order valence-corrected chi connectivity index (χ3v) is 4.52. The van der Waals surface area contributed by atoms with E-state index in [2.05, 4.69) is 11.1 Å². The molecule has 0 bridgehead atoms. The maximum Gasteiger partial charge on any atom is 0.271 e. The second-order valence-corrected chi connectivity index (χ2v) is 6.45. The van der Waals surface area contributed by atoms with E-state index in [9.17, 15) is 10.1 Å². The minimum atomic E-state index is -0.128. The predicted octanol–water partition coefficient (Wildman–Crippen LogP) is 3.03. The summed E-state index contributed by atoms with van der Waals surface area (Å²) < 4.78 is 3.56. The van der Waals surface area contributed by atoms with Crippen LogP contribution in [0, 0.1) is 18.3 Å². The zero-order valence-electron chi connectivity index (χ0n) is 15.0. The fraction of sp³-hybridized carbons (Fsp3) is 0.143. The Morgan fingerprint density at radius 3 is 2.59 bits per heavy atom. The Bertz CT molecular complexity index is 1220. The van der Waals surface area contributed by atoms with Crippen LogP contribution >= 0.6 is 0 Å². The van der Waals surface area contributed by atoms with Crippen molar-refractivity contribution in [1.82, 2.24) is 19.1 Å². The second-order valence-electron chi connectivity index (χ2n) is 6.45. The maximum absolute atomic E-state index is 12.0. The van der Waals surface area contributed by atoms with Crippen LogP contribution in [0.3, 0.4) is 0 Å². The highest BCUT2D eigenvalue weighted by molar-refractivity contribution is 5.81. The quantitative estimate of drug-likeness (QED) is 0.566. The van der Waals surface area contributed by atoms with Crippen LogP contribution in [-0.4, -0.2) is 19.1 Å². The summed E-state index contributed by atoms with van der Waals surface area (Å²) in [6.45, 7) is 2.29. The molecule has 27 heavy (non-hydrogen) atoms. The van der Waals surface area contributed by atoms with Crippen molar-refractivity contribution in [1.29, 1.82) is 5.26 Å². The van der Waals surface area contributed by atoms with E-state index >= 15 is 0 Å². The Labute approximate surface area is 156 Å². The molecule has 2 aromatic carbocycles. The van der Waals surface area contributed by atoms with Crippen LogP contribution in [-0.2, 0) is 13.6 Å². The Morgan fingerprint density at radius 2 is 1.89 bits per heavy atom. The molecule has 0 aliphatic rings. The lowest BCUT2D eigenvalue weighted by molar-refractivity contribution is 0.799. The number of hydrogen-bond acceptors (Lipinski definition) is 4. The van der Waals surface area contributed by atoms with Crippen molar-refractivity contribution in [2.45, 2.75) is 13.5 Å². The Kier molecular flexibility index (Phi) is 4.05. The van der Waals surface area contributed by atoms with Gasteiger partial charge in [0.25, 0.3) is 5.56 Å². The number of imidazole rings is 1. The Balaban J connectivity index is 1.98. The molecule has 0 spiro atoms. The fourth-order valence-corrected chi connectivity index (χ4v) is 3.18. The summed E-state index contributed by atoms with van der Waals surface area (Å²) in [5, 5.41) is 9.27. The number of rotatable bonds is 3. The first-order valence-electron chi connectivity index (χ1n) is 8.56. The van der Waals surface area contributed by atoms with Crippen LogP contribution in [0.25, 0.3) is 22.6 Å². The van der Waals surface area contributed by atoms with Crippen LogP contribution in [0.2, 0.25) is 0 Å². The molecule has 6 heteroatoms. The van der Waals surface area contributed by atoms with E-state index in [0.29, 0.717) is 29.3 Å². The van der Waals surface area contributed by atoms with Gasteiger partial charge in [-0.1, -0.05) is 30.3 Å². The zero-order valence-corrected chi connectivity index (χ0v) is 15.0. The van der Waals surface area contributed by atoms with Crippen LogP contribution in [0.4, 0.5) is 0 Å². The molecule has 6 nitrogen and oxygen atoms in total. The van der Waals surface area contributed by atoms with Gasteiger partial charge in [-0.3, -0.25) is 4.79 Å². The molecule has 2 aromatic heterocycles.